The normalized spacial score (nSPS) is 12.5. The molecule has 0 radical (unpaired) electrons. The summed E-state index contributed by atoms with van der Waals surface area (Å²) in [5.74, 6) is 0.909. The monoisotopic (exact) mass is 299 g/mol. The largest absolute Gasteiger partial charge is 0.497 e. The van der Waals surface area contributed by atoms with E-state index in [4.69, 9.17) is 4.74 Å². The number of hydrogen-bond acceptors (Lipinski definition) is 2. The summed E-state index contributed by atoms with van der Waals surface area (Å²) in [7, 11) is 1.70. The van der Waals surface area contributed by atoms with Crippen molar-refractivity contribution in [1.82, 2.24) is 5.32 Å². The molecule has 0 bridgehead atoms. The molecule has 0 heterocycles. The van der Waals surface area contributed by atoms with Crippen LogP contribution in [0, 0.1) is 0 Å². The van der Waals surface area contributed by atoms with E-state index in [1.54, 1.807) is 7.11 Å². The van der Waals surface area contributed by atoms with Gasteiger partial charge in [-0.1, -0.05) is 35.7 Å². The Kier molecular flexibility index (Phi) is 6.60. The Morgan fingerprint density at radius 1 is 1.41 bits per heavy atom. The highest BCUT2D eigenvalue weighted by Crippen LogP contribution is 2.22. The lowest BCUT2D eigenvalue weighted by Crippen LogP contribution is -2.25. The molecule has 0 spiro atoms. The number of unbranched alkanes of at least 4 members (excludes halogenated alkanes) is 1. The zero-order valence-corrected chi connectivity index (χ0v) is 12.5. The number of nitrogens with one attached hydrogen (secondary N) is 1. The standard InChI is InChI=1S/C14H22BrNO/c1-4-5-6-11(2)16-10-12-9-13(17-3)7-8-14(12)15/h7-9,11,16H,4-6,10H2,1-3H3. The molecule has 3 heteroatoms. The Hall–Kier alpha value is -0.540. The van der Waals surface area contributed by atoms with Crippen LogP contribution in [0.2, 0.25) is 0 Å². The van der Waals surface area contributed by atoms with E-state index in [1.165, 1.54) is 24.8 Å². The van der Waals surface area contributed by atoms with Gasteiger partial charge in [-0.15, -0.1) is 0 Å². The minimum Gasteiger partial charge on any atom is -0.497 e. The van der Waals surface area contributed by atoms with Crippen LogP contribution in [-0.2, 0) is 6.54 Å². The Morgan fingerprint density at radius 3 is 2.82 bits per heavy atom. The molecule has 2 nitrogen and oxygen atoms in total. The molecule has 96 valence electrons. The zero-order chi connectivity index (χ0) is 12.7. The van der Waals surface area contributed by atoms with E-state index < -0.39 is 0 Å². The van der Waals surface area contributed by atoms with Gasteiger partial charge in [0.15, 0.2) is 0 Å². The van der Waals surface area contributed by atoms with Crippen molar-refractivity contribution in [3.8, 4) is 5.75 Å². The average Bonchev–Trinajstić information content (AvgIpc) is 2.35. The maximum Gasteiger partial charge on any atom is 0.119 e. The highest BCUT2D eigenvalue weighted by atomic mass is 79.9. The van der Waals surface area contributed by atoms with E-state index >= 15 is 0 Å². The molecule has 1 unspecified atom stereocenters. The molecule has 1 aromatic rings. The van der Waals surface area contributed by atoms with Gasteiger partial charge in [-0.25, -0.2) is 0 Å². The number of hydrogen-bond donors (Lipinski definition) is 1. The Balaban J connectivity index is 2.50. The third-order valence-electron chi connectivity index (χ3n) is 2.88. The number of benzene rings is 1. The summed E-state index contributed by atoms with van der Waals surface area (Å²) in [4.78, 5) is 0. The molecule has 0 saturated carbocycles. The summed E-state index contributed by atoms with van der Waals surface area (Å²) in [5.41, 5.74) is 1.24. The summed E-state index contributed by atoms with van der Waals surface area (Å²) in [6.07, 6.45) is 3.78. The number of ether oxygens (including phenoxy) is 1. The highest BCUT2D eigenvalue weighted by Gasteiger charge is 2.05. The van der Waals surface area contributed by atoms with Crippen LogP contribution >= 0.6 is 15.9 Å². The first-order chi connectivity index (χ1) is 8.17. The van der Waals surface area contributed by atoms with Crippen molar-refractivity contribution in [3.63, 3.8) is 0 Å². The smallest absolute Gasteiger partial charge is 0.119 e. The van der Waals surface area contributed by atoms with Gasteiger partial charge in [0.25, 0.3) is 0 Å². The first-order valence-corrected chi connectivity index (χ1v) is 7.02. The van der Waals surface area contributed by atoms with E-state index in [1.807, 2.05) is 12.1 Å². The molecule has 0 aliphatic rings. The summed E-state index contributed by atoms with van der Waals surface area (Å²) < 4.78 is 6.37. The van der Waals surface area contributed by atoms with Crippen LogP contribution in [0.25, 0.3) is 0 Å². The molecule has 0 fully saturated rings. The molecule has 0 saturated heterocycles. The number of rotatable bonds is 7. The Labute approximate surface area is 113 Å². The second kappa shape index (κ2) is 7.72. The Bertz CT molecular complexity index is 341. The fourth-order valence-electron chi connectivity index (χ4n) is 1.71. The molecule has 0 amide bonds. The first-order valence-electron chi connectivity index (χ1n) is 6.23. The maximum atomic E-state index is 5.23. The molecule has 1 atom stereocenters. The SMILES string of the molecule is CCCCC(C)NCc1cc(OC)ccc1Br. The molecular formula is C14H22BrNO. The second-order valence-corrected chi connectivity index (χ2v) is 5.24. The quantitative estimate of drug-likeness (QED) is 0.817. The van der Waals surface area contributed by atoms with Crippen molar-refractivity contribution in [2.75, 3.05) is 7.11 Å². The average molecular weight is 300 g/mol. The molecule has 0 aromatic heterocycles. The topological polar surface area (TPSA) is 21.3 Å². The van der Waals surface area contributed by atoms with Crippen LogP contribution in [0.4, 0.5) is 0 Å². The van der Waals surface area contributed by atoms with Gasteiger partial charge in [-0.2, -0.15) is 0 Å². The van der Waals surface area contributed by atoms with E-state index in [0.29, 0.717) is 6.04 Å². The lowest BCUT2D eigenvalue weighted by atomic mass is 10.1. The fraction of sp³-hybridized carbons (Fsp3) is 0.571. The van der Waals surface area contributed by atoms with Crippen LogP contribution in [0.3, 0.4) is 0 Å². The van der Waals surface area contributed by atoms with Crippen molar-refractivity contribution < 1.29 is 4.74 Å². The van der Waals surface area contributed by atoms with Crippen LogP contribution in [0.15, 0.2) is 22.7 Å². The van der Waals surface area contributed by atoms with Crippen molar-refractivity contribution in [2.24, 2.45) is 0 Å². The summed E-state index contributed by atoms with van der Waals surface area (Å²) in [6.45, 7) is 5.35. The molecule has 0 aliphatic heterocycles. The van der Waals surface area contributed by atoms with Crippen LogP contribution < -0.4 is 10.1 Å². The summed E-state index contributed by atoms with van der Waals surface area (Å²) in [5, 5.41) is 3.54. The minimum absolute atomic E-state index is 0.563. The van der Waals surface area contributed by atoms with Gasteiger partial charge >= 0.3 is 0 Å². The van der Waals surface area contributed by atoms with E-state index in [0.717, 1.165) is 16.8 Å². The third kappa shape index (κ3) is 5.09. The predicted octanol–water partition coefficient (Wildman–Crippen LogP) is 4.13. The van der Waals surface area contributed by atoms with Crippen molar-refractivity contribution >= 4 is 15.9 Å². The summed E-state index contributed by atoms with van der Waals surface area (Å²) in [6, 6.07) is 6.64. The van der Waals surface area contributed by atoms with Gasteiger partial charge < -0.3 is 10.1 Å². The predicted molar refractivity (Wildman–Crippen MR) is 76.5 cm³/mol. The van der Waals surface area contributed by atoms with Crippen molar-refractivity contribution in [2.45, 2.75) is 45.7 Å². The molecular weight excluding hydrogens is 278 g/mol. The van der Waals surface area contributed by atoms with E-state index in [-0.39, 0.29) is 0 Å². The van der Waals surface area contributed by atoms with Crippen LogP contribution in [0.5, 0.6) is 5.75 Å². The minimum atomic E-state index is 0.563. The van der Waals surface area contributed by atoms with Gasteiger partial charge in [-0.05, 0) is 37.1 Å². The molecule has 1 rings (SSSR count). The lowest BCUT2D eigenvalue weighted by molar-refractivity contribution is 0.413. The lowest BCUT2D eigenvalue weighted by Gasteiger charge is -2.14. The van der Waals surface area contributed by atoms with Gasteiger partial charge in [-0.3, -0.25) is 0 Å². The number of halogens is 1. The molecule has 17 heavy (non-hydrogen) atoms. The van der Waals surface area contributed by atoms with Gasteiger partial charge in [0.05, 0.1) is 7.11 Å². The van der Waals surface area contributed by atoms with E-state index in [9.17, 15) is 0 Å². The van der Waals surface area contributed by atoms with Crippen LogP contribution in [0.1, 0.15) is 38.7 Å². The molecule has 1 N–H and O–H groups in total. The summed E-state index contributed by atoms with van der Waals surface area (Å²) >= 11 is 3.57. The van der Waals surface area contributed by atoms with Gasteiger partial charge in [0, 0.05) is 17.1 Å². The second-order valence-electron chi connectivity index (χ2n) is 4.38. The van der Waals surface area contributed by atoms with Crippen molar-refractivity contribution in [3.05, 3.63) is 28.2 Å². The van der Waals surface area contributed by atoms with Crippen LogP contribution in [-0.4, -0.2) is 13.2 Å². The fourth-order valence-corrected chi connectivity index (χ4v) is 2.10. The van der Waals surface area contributed by atoms with Crippen molar-refractivity contribution in [1.29, 1.82) is 0 Å². The third-order valence-corrected chi connectivity index (χ3v) is 3.66. The van der Waals surface area contributed by atoms with E-state index in [2.05, 4.69) is 41.2 Å². The van der Waals surface area contributed by atoms with Gasteiger partial charge in [0.2, 0.25) is 0 Å². The zero-order valence-electron chi connectivity index (χ0n) is 10.9. The first kappa shape index (κ1) is 14.5. The molecule has 0 aliphatic carbocycles. The highest BCUT2D eigenvalue weighted by molar-refractivity contribution is 9.10. The van der Waals surface area contributed by atoms with Gasteiger partial charge in [0.1, 0.15) is 5.75 Å². The molecule has 1 aromatic carbocycles. The number of methoxy groups -OCH3 is 1. The Morgan fingerprint density at radius 2 is 2.18 bits per heavy atom. The maximum absolute atomic E-state index is 5.23.